The zero-order chi connectivity index (χ0) is 22.3. The highest BCUT2D eigenvalue weighted by atomic mass is 35.5. The van der Waals surface area contributed by atoms with E-state index in [1.165, 1.54) is 24.3 Å². The molecule has 0 atom stereocenters. The smallest absolute Gasteiger partial charge is 0.270 e. The van der Waals surface area contributed by atoms with Crippen LogP contribution in [0.1, 0.15) is 5.56 Å². The summed E-state index contributed by atoms with van der Waals surface area (Å²) in [5.41, 5.74) is 6.85. The summed E-state index contributed by atoms with van der Waals surface area (Å²) in [6.07, 6.45) is 3.12. The number of amides is 3. The van der Waals surface area contributed by atoms with E-state index in [4.69, 9.17) is 41.2 Å². The van der Waals surface area contributed by atoms with E-state index in [9.17, 15) is 14.4 Å². The van der Waals surface area contributed by atoms with Crippen molar-refractivity contribution in [1.82, 2.24) is 9.88 Å². The summed E-state index contributed by atoms with van der Waals surface area (Å²) in [5.74, 6) is -1.77. The predicted molar refractivity (Wildman–Crippen MR) is 124 cm³/mol. The molecule has 0 unspecified atom stereocenters. The summed E-state index contributed by atoms with van der Waals surface area (Å²) < 4.78 is 1.66. The molecule has 3 amide bonds. The summed E-state index contributed by atoms with van der Waals surface area (Å²) >= 11 is 17.3. The van der Waals surface area contributed by atoms with Gasteiger partial charge in [0, 0.05) is 32.7 Å². The van der Waals surface area contributed by atoms with E-state index in [0.717, 1.165) is 15.8 Å². The second-order valence-corrected chi connectivity index (χ2v) is 8.04. The third-order valence-electron chi connectivity index (χ3n) is 4.65. The second kappa shape index (κ2) is 8.14. The maximum Gasteiger partial charge on any atom is 0.270 e. The Hall–Kier alpha value is -3.20. The molecule has 0 bridgehead atoms. The number of halogens is 2. The van der Waals surface area contributed by atoms with Crippen LogP contribution in [0.4, 0.5) is 5.69 Å². The van der Waals surface area contributed by atoms with Gasteiger partial charge >= 0.3 is 0 Å². The molecular weight excluding hydrogens is 459 g/mol. The van der Waals surface area contributed by atoms with Gasteiger partial charge in [-0.1, -0.05) is 41.4 Å². The first kappa shape index (κ1) is 21.0. The molecule has 1 aliphatic heterocycles. The number of aromatic nitrogens is 1. The van der Waals surface area contributed by atoms with Gasteiger partial charge in [-0.05, 0) is 42.6 Å². The molecule has 3 N–H and O–H groups in total. The molecule has 1 fully saturated rings. The molecule has 4 rings (SSSR count). The zero-order valence-electron chi connectivity index (χ0n) is 15.8. The third-order valence-corrected chi connectivity index (χ3v) is 5.37. The molecular formula is C21H14Cl2N4O3S. The molecule has 2 heterocycles. The number of carbonyl (C=O) groups is 3. The SMILES string of the molecule is NC(=O)Cn1cc(/C=C2/C(=O)NC(=S)N(c3cc(Cl)cc(Cl)c3)C2=O)c2ccccc21. The Morgan fingerprint density at radius 3 is 2.48 bits per heavy atom. The van der Waals surface area contributed by atoms with Crippen LogP contribution in [0.15, 0.2) is 54.2 Å². The number of hydrogen-bond acceptors (Lipinski definition) is 4. The number of nitrogens with zero attached hydrogens (tertiary/aromatic N) is 2. The van der Waals surface area contributed by atoms with Crippen LogP contribution in [0, 0.1) is 0 Å². The lowest BCUT2D eigenvalue weighted by Crippen LogP contribution is -2.54. The lowest BCUT2D eigenvalue weighted by atomic mass is 10.1. The van der Waals surface area contributed by atoms with Crippen LogP contribution in [0.2, 0.25) is 10.0 Å². The maximum atomic E-state index is 13.2. The fourth-order valence-corrected chi connectivity index (χ4v) is 4.20. The minimum Gasteiger partial charge on any atom is -0.368 e. The average Bonchev–Trinajstić information content (AvgIpc) is 3.01. The lowest BCUT2D eigenvalue weighted by molar-refractivity contribution is -0.122. The molecule has 0 radical (unpaired) electrons. The first-order valence-corrected chi connectivity index (χ1v) is 10.1. The number of benzene rings is 2. The highest BCUT2D eigenvalue weighted by molar-refractivity contribution is 7.80. The number of primary amides is 1. The fourth-order valence-electron chi connectivity index (χ4n) is 3.40. The van der Waals surface area contributed by atoms with Gasteiger partial charge in [0.15, 0.2) is 5.11 Å². The second-order valence-electron chi connectivity index (χ2n) is 6.78. The monoisotopic (exact) mass is 472 g/mol. The molecule has 3 aromatic rings. The topological polar surface area (TPSA) is 97.4 Å². The van der Waals surface area contributed by atoms with Gasteiger partial charge < -0.3 is 10.3 Å². The van der Waals surface area contributed by atoms with Crippen LogP contribution in [0.3, 0.4) is 0 Å². The molecule has 7 nitrogen and oxygen atoms in total. The summed E-state index contributed by atoms with van der Waals surface area (Å²) in [5, 5.41) is 3.82. The quantitative estimate of drug-likeness (QED) is 0.345. The largest absolute Gasteiger partial charge is 0.368 e. The van der Waals surface area contributed by atoms with Crippen molar-refractivity contribution >= 4 is 80.9 Å². The van der Waals surface area contributed by atoms with Gasteiger partial charge in [0.2, 0.25) is 5.91 Å². The minimum absolute atomic E-state index is 0.0406. The molecule has 0 spiro atoms. The molecule has 2 aromatic carbocycles. The Balaban J connectivity index is 1.82. The third kappa shape index (κ3) is 4.05. The Morgan fingerprint density at radius 1 is 1.13 bits per heavy atom. The normalized spacial score (nSPS) is 15.6. The van der Waals surface area contributed by atoms with Crippen LogP contribution in [0.25, 0.3) is 17.0 Å². The Morgan fingerprint density at radius 2 is 1.81 bits per heavy atom. The van der Waals surface area contributed by atoms with Crippen molar-refractivity contribution in [1.29, 1.82) is 0 Å². The molecule has 1 saturated heterocycles. The van der Waals surface area contributed by atoms with Crippen molar-refractivity contribution in [3.05, 3.63) is 69.8 Å². The van der Waals surface area contributed by atoms with Crippen molar-refractivity contribution in [2.45, 2.75) is 6.54 Å². The summed E-state index contributed by atoms with van der Waals surface area (Å²) in [7, 11) is 0. The average molecular weight is 473 g/mol. The zero-order valence-corrected chi connectivity index (χ0v) is 18.1. The van der Waals surface area contributed by atoms with Crippen LogP contribution < -0.4 is 16.0 Å². The number of nitrogens with two attached hydrogens (primary N) is 1. The Bertz CT molecular complexity index is 1290. The van der Waals surface area contributed by atoms with Crippen LogP contribution in [-0.4, -0.2) is 27.4 Å². The van der Waals surface area contributed by atoms with E-state index < -0.39 is 17.7 Å². The summed E-state index contributed by atoms with van der Waals surface area (Å²) in [4.78, 5) is 38.4. The number of carbonyl (C=O) groups excluding carboxylic acids is 3. The summed E-state index contributed by atoms with van der Waals surface area (Å²) in [6.45, 7) is -0.0406. The van der Waals surface area contributed by atoms with E-state index in [1.54, 1.807) is 10.8 Å². The highest BCUT2D eigenvalue weighted by Gasteiger charge is 2.35. The number of hydrogen-bond donors (Lipinski definition) is 2. The first-order chi connectivity index (χ1) is 14.7. The number of anilines is 1. The van der Waals surface area contributed by atoms with E-state index >= 15 is 0 Å². The van der Waals surface area contributed by atoms with E-state index in [-0.39, 0.29) is 17.2 Å². The molecule has 0 saturated carbocycles. The molecule has 1 aliphatic rings. The van der Waals surface area contributed by atoms with Gasteiger partial charge in [0.1, 0.15) is 12.1 Å². The summed E-state index contributed by atoms with van der Waals surface area (Å²) in [6, 6.07) is 11.8. The van der Waals surface area contributed by atoms with Gasteiger partial charge in [-0.15, -0.1) is 0 Å². The minimum atomic E-state index is -0.633. The van der Waals surface area contributed by atoms with E-state index in [0.29, 0.717) is 21.3 Å². The molecule has 31 heavy (non-hydrogen) atoms. The first-order valence-electron chi connectivity index (χ1n) is 8.98. The number of fused-ring (bicyclic) bond motifs is 1. The van der Waals surface area contributed by atoms with Crippen molar-refractivity contribution in [2.24, 2.45) is 5.73 Å². The van der Waals surface area contributed by atoms with Crippen LogP contribution >= 0.6 is 35.4 Å². The van der Waals surface area contributed by atoms with Crippen molar-refractivity contribution in [3.8, 4) is 0 Å². The van der Waals surface area contributed by atoms with Crippen LogP contribution in [-0.2, 0) is 20.9 Å². The van der Waals surface area contributed by atoms with E-state index in [1.807, 2.05) is 24.3 Å². The molecule has 10 heteroatoms. The van der Waals surface area contributed by atoms with Gasteiger partial charge in [-0.3, -0.25) is 24.6 Å². The Labute approximate surface area is 192 Å². The number of thiocarbonyl (C=S) groups is 1. The number of rotatable bonds is 4. The number of para-hydroxylation sites is 1. The lowest BCUT2D eigenvalue weighted by Gasteiger charge is -2.29. The number of nitrogens with one attached hydrogen (secondary N) is 1. The maximum absolute atomic E-state index is 13.2. The van der Waals surface area contributed by atoms with Gasteiger partial charge in [-0.2, -0.15) is 0 Å². The molecule has 0 aliphatic carbocycles. The highest BCUT2D eigenvalue weighted by Crippen LogP contribution is 2.30. The fraction of sp³-hybridized carbons (Fsp3) is 0.0476. The Kier molecular flexibility index (Phi) is 5.53. The van der Waals surface area contributed by atoms with Crippen molar-refractivity contribution in [3.63, 3.8) is 0 Å². The van der Waals surface area contributed by atoms with Gasteiger partial charge in [0.25, 0.3) is 11.8 Å². The van der Waals surface area contributed by atoms with Crippen LogP contribution in [0.5, 0.6) is 0 Å². The standard InChI is InChI=1S/C21H14Cl2N4O3S/c22-12-6-13(23)8-14(7-12)27-20(30)16(19(29)25-21(27)31)5-11-9-26(10-18(24)28)17-4-2-1-3-15(11)17/h1-9H,10H2,(H2,24,28)(H,25,29,31)/b16-5-. The van der Waals surface area contributed by atoms with E-state index in [2.05, 4.69) is 5.32 Å². The predicted octanol–water partition coefficient (Wildman–Crippen LogP) is 3.26. The van der Waals surface area contributed by atoms with Crippen molar-refractivity contribution < 1.29 is 14.4 Å². The van der Waals surface area contributed by atoms with Crippen molar-refractivity contribution in [2.75, 3.05) is 4.90 Å². The molecule has 156 valence electrons. The van der Waals surface area contributed by atoms with Gasteiger partial charge in [-0.25, -0.2) is 0 Å². The van der Waals surface area contributed by atoms with Gasteiger partial charge in [0.05, 0.1) is 5.69 Å². The molecule has 1 aromatic heterocycles.